The Bertz CT molecular complexity index is 655. The second-order valence-corrected chi connectivity index (χ2v) is 5.83. The van der Waals surface area contributed by atoms with Crippen LogP contribution in [0, 0.1) is 0 Å². The molecule has 4 nitrogen and oxygen atoms in total. The third kappa shape index (κ3) is 4.95. The summed E-state index contributed by atoms with van der Waals surface area (Å²) >= 11 is 0. The molecule has 0 aliphatic heterocycles. The number of carboxylic acids is 1. The number of rotatable bonds is 8. The highest BCUT2D eigenvalue weighted by atomic mass is 16.4. The van der Waals surface area contributed by atoms with Gasteiger partial charge in [-0.15, -0.1) is 0 Å². The fraction of sp³-hybridized carbons (Fsp3) is 0.300. The summed E-state index contributed by atoms with van der Waals surface area (Å²) in [6, 6.07) is 18.9. The van der Waals surface area contributed by atoms with Gasteiger partial charge in [0, 0.05) is 13.0 Å². The fourth-order valence-corrected chi connectivity index (χ4v) is 2.77. The van der Waals surface area contributed by atoms with Gasteiger partial charge in [-0.2, -0.15) is 0 Å². The van der Waals surface area contributed by atoms with Gasteiger partial charge in [0.2, 0.25) is 5.91 Å². The lowest BCUT2D eigenvalue weighted by atomic mass is 9.93. The third-order valence-corrected chi connectivity index (χ3v) is 4.20. The number of hydrogen-bond donors (Lipinski definition) is 2. The molecule has 0 spiro atoms. The van der Waals surface area contributed by atoms with Gasteiger partial charge in [0.1, 0.15) is 0 Å². The van der Waals surface area contributed by atoms with E-state index in [-0.39, 0.29) is 18.4 Å². The molecule has 0 aromatic heterocycles. The molecular formula is C20H23NO3. The molecule has 0 saturated heterocycles. The summed E-state index contributed by atoms with van der Waals surface area (Å²) in [7, 11) is 0. The van der Waals surface area contributed by atoms with Crippen LogP contribution in [0.1, 0.15) is 42.7 Å². The van der Waals surface area contributed by atoms with Crippen LogP contribution >= 0.6 is 0 Å². The van der Waals surface area contributed by atoms with Crippen LogP contribution in [0.25, 0.3) is 0 Å². The van der Waals surface area contributed by atoms with Crippen LogP contribution in [-0.2, 0) is 9.59 Å². The van der Waals surface area contributed by atoms with Gasteiger partial charge in [-0.25, -0.2) is 0 Å². The van der Waals surface area contributed by atoms with E-state index in [9.17, 15) is 14.7 Å². The number of carboxylic acid groups (broad SMARTS) is 1. The van der Waals surface area contributed by atoms with Crippen molar-refractivity contribution in [2.45, 2.75) is 31.6 Å². The van der Waals surface area contributed by atoms with Crippen LogP contribution in [-0.4, -0.2) is 23.5 Å². The van der Waals surface area contributed by atoms with Crippen molar-refractivity contribution in [3.05, 3.63) is 71.8 Å². The van der Waals surface area contributed by atoms with Crippen LogP contribution in [0.15, 0.2) is 60.7 Å². The first-order chi connectivity index (χ1) is 11.6. The molecule has 0 heterocycles. The quantitative estimate of drug-likeness (QED) is 0.780. The number of carbonyl (C=O) groups excluding carboxylic acids is 1. The maximum Gasteiger partial charge on any atom is 0.312 e. The van der Waals surface area contributed by atoms with E-state index in [2.05, 4.69) is 12.2 Å². The van der Waals surface area contributed by atoms with Crippen molar-refractivity contribution in [2.24, 2.45) is 0 Å². The zero-order valence-electron chi connectivity index (χ0n) is 13.8. The molecule has 0 aliphatic rings. The standard InChI is InChI=1S/C20H23NO3/c1-2-15(16-9-5-3-6-10-16)13-19(22)21-14-18(20(23)24)17-11-7-4-8-12-17/h3-12,15,18H,2,13-14H2,1H3,(H,21,22)(H,23,24). The lowest BCUT2D eigenvalue weighted by molar-refractivity contribution is -0.138. The van der Waals surface area contributed by atoms with Gasteiger partial charge in [0.05, 0.1) is 5.92 Å². The first kappa shape index (κ1) is 17.7. The first-order valence-corrected chi connectivity index (χ1v) is 8.21. The normalized spacial score (nSPS) is 13.0. The van der Waals surface area contributed by atoms with Crippen LogP contribution in [0.4, 0.5) is 0 Å². The van der Waals surface area contributed by atoms with Crippen molar-refractivity contribution >= 4 is 11.9 Å². The van der Waals surface area contributed by atoms with Crippen LogP contribution in [0.2, 0.25) is 0 Å². The molecule has 2 aromatic carbocycles. The van der Waals surface area contributed by atoms with Gasteiger partial charge >= 0.3 is 5.97 Å². The van der Waals surface area contributed by atoms with Crippen molar-refractivity contribution in [2.75, 3.05) is 6.54 Å². The second-order valence-electron chi connectivity index (χ2n) is 5.83. The minimum atomic E-state index is -0.934. The van der Waals surface area contributed by atoms with E-state index >= 15 is 0 Å². The molecule has 0 fully saturated rings. The highest BCUT2D eigenvalue weighted by molar-refractivity contribution is 5.80. The fourth-order valence-electron chi connectivity index (χ4n) is 2.77. The molecular weight excluding hydrogens is 302 g/mol. The largest absolute Gasteiger partial charge is 0.481 e. The minimum Gasteiger partial charge on any atom is -0.481 e. The summed E-state index contributed by atoms with van der Waals surface area (Å²) in [6.07, 6.45) is 1.22. The van der Waals surface area contributed by atoms with E-state index in [1.165, 1.54) is 0 Å². The Labute approximate surface area is 142 Å². The average Bonchev–Trinajstić information content (AvgIpc) is 2.61. The first-order valence-electron chi connectivity index (χ1n) is 8.21. The van der Waals surface area contributed by atoms with Gasteiger partial charge in [0.25, 0.3) is 0 Å². The number of benzene rings is 2. The molecule has 1 amide bonds. The van der Waals surface area contributed by atoms with Crippen molar-refractivity contribution in [3.8, 4) is 0 Å². The Morgan fingerprint density at radius 3 is 2.00 bits per heavy atom. The predicted octanol–water partition coefficient (Wildman–Crippen LogP) is 3.55. The zero-order valence-corrected chi connectivity index (χ0v) is 13.8. The van der Waals surface area contributed by atoms with Crippen molar-refractivity contribution < 1.29 is 14.7 Å². The molecule has 0 aliphatic carbocycles. The monoisotopic (exact) mass is 325 g/mol. The van der Waals surface area contributed by atoms with E-state index in [4.69, 9.17) is 0 Å². The summed E-state index contributed by atoms with van der Waals surface area (Å²) in [6.45, 7) is 2.15. The number of carbonyl (C=O) groups is 2. The summed E-state index contributed by atoms with van der Waals surface area (Å²) in [5.41, 5.74) is 1.83. The topological polar surface area (TPSA) is 66.4 Å². The van der Waals surface area contributed by atoms with Crippen molar-refractivity contribution in [3.63, 3.8) is 0 Å². The Morgan fingerprint density at radius 2 is 1.50 bits per heavy atom. The zero-order chi connectivity index (χ0) is 17.4. The van der Waals surface area contributed by atoms with Crippen molar-refractivity contribution in [1.29, 1.82) is 0 Å². The van der Waals surface area contributed by atoms with Gasteiger partial charge in [-0.3, -0.25) is 9.59 Å². The molecule has 0 bridgehead atoms. The summed E-state index contributed by atoms with van der Waals surface area (Å²) < 4.78 is 0. The maximum atomic E-state index is 12.2. The lowest BCUT2D eigenvalue weighted by Crippen LogP contribution is -2.32. The molecule has 2 N–H and O–H groups in total. The second kappa shape index (κ2) is 8.87. The molecule has 2 aromatic rings. The van der Waals surface area contributed by atoms with E-state index in [1.807, 2.05) is 36.4 Å². The van der Waals surface area contributed by atoms with Crippen LogP contribution in [0.5, 0.6) is 0 Å². The van der Waals surface area contributed by atoms with Crippen molar-refractivity contribution in [1.82, 2.24) is 5.32 Å². The van der Waals surface area contributed by atoms with E-state index in [0.717, 1.165) is 12.0 Å². The van der Waals surface area contributed by atoms with Crippen LogP contribution in [0.3, 0.4) is 0 Å². The summed E-state index contributed by atoms with van der Waals surface area (Å²) in [5, 5.41) is 12.2. The molecule has 24 heavy (non-hydrogen) atoms. The minimum absolute atomic E-state index is 0.101. The molecule has 2 rings (SSSR count). The third-order valence-electron chi connectivity index (χ3n) is 4.20. The highest BCUT2D eigenvalue weighted by Gasteiger charge is 2.21. The molecule has 126 valence electrons. The van der Waals surface area contributed by atoms with Gasteiger partial charge in [0.15, 0.2) is 0 Å². The van der Waals surface area contributed by atoms with Gasteiger partial charge in [-0.05, 0) is 23.5 Å². The molecule has 4 heteroatoms. The summed E-state index contributed by atoms with van der Waals surface area (Å²) in [5.74, 6) is -1.64. The van der Waals surface area contributed by atoms with E-state index < -0.39 is 11.9 Å². The predicted molar refractivity (Wildman–Crippen MR) is 93.9 cm³/mol. The smallest absolute Gasteiger partial charge is 0.312 e. The number of nitrogens with one attached hydrogen (secondary N) is 1. The van der Waals surface area contributed by atoms with Gasteiger partial charge in [-0.1, -0.05) is 67.6 Å². The van der Waals surface area contributed by atoms with Gasteiger partial charge < -0.3 is 10.4 Å². The molecule has 0 saturated carbocycles. The van der Waals surface area contributed by atoms with E-state index in [1.54, 1.807) is 24.3 Å². The number of amides is 1. The molecule has 2 atom stereocenters. The Hall–Kier alpha value is -2.62. The van der Waals surface area contributed by atoms with Crippen LogP contribution < -0.4 is 5.32 Å². The Balaban J connectivity index is 1.95. The average molecular weight is 325 g/mol. The molecule has 0 radical (unpaired) electrons. The lowest BCUT2D eigenvalue weighted by Gasteiger charge is -2.17. The Kier molecular flexibility index (Phi) is 6.55. The number of aliphatic carboxylic acids is 1. The number of hydrogen-bond acceptors (Lipinski definition) is 2. The molecule has 2 unspecified atom stereocenters. The maximum absolute atomic E-state index is 12.2. The Morgan fingerprint density at radius 1 is 0.958 bits per heavy atom. The van der Waals surface area contributed by atoms with E-state index in [0.29, 0.717) is 12.0 Å². The highest BCUT2D eigenvalue weighted by Crippen LogP contribution is 2.23. The SMILES string of the molecule is CCC(CC(=O)NCC(C(=O)O)c1ccccc1)c1ccccc1. The summed E-state index contributed by atoms with van der Waals surface area (Å²) in [4.78, 5) is 23.7.